The minimum absolute atomic E-state index is 0.199. The normalized spacial score (nSPS) is 18.9. The molecule has 3 N–H and O–H groups in total. The molecule has 0 spiro atoms. The Morgan fingerprint density at radius 2 is 2.11 bits per heavy atom. The molecule has 0 atom stereocenters. The molecule has 1 saturated heterocycles. The summed E-state index contributed by atoms with van der Waals surface area (Å²) in [5.41, 5.74) is 5.47. The van der Waals surface area contributed by atoms with Crippen molar-refractivity contribution in [2.24, 2.45) is 5.73 Å². The van der Waals surface area contributed by atoms with Crippen molar-refractivity contribution in [1.29, 1.82) is 0 Å². The number of aromatic nitrogens is 2. The fourth-order valence-corrected chi connectivity index (χ4v) is 3.39. The van der Waals surface area contributed by atoms with Gasteiger partial charge in [0.25, 0.3) is 0 Å². The van der Waals surface area contributed by atoms with Crippen LogP contribution in [0, 0.1) is 0 Å². The fraction of sp³-hybridized carbons (Fsp3) is 0.556. The van der Waals surface area contributed by atoms with Crippen LogP contribution >= 0.6 is 12.2 Å². The first-order valence-corrected chi connectivity index (χ1v) is 7.34. The highest BCUT2D eigenvalue weighted by molar-refractivity contribution is 7.89. The number of H-pyrrole nitrogens is 1. The van der Waals surface area contributed by atoms with Crippen LogP contribution in [-0.2, 0) is 10.0 Å². The Bertz CT molecular complexity index is 505. The van der Waals surface area contributed by atoms with E-state index in [-0.39, 0.29) is 4.90 Å². The molecule has 0 amide bonds. The van der Waals surface area contributed by atoms with Crippen molar-refractivity contribution in [2.75, 3.05) is 32.7 Å². The van der Waals surface area contributed by atoms with E-state index < -0.39 is 10.0 Å². The highest BCUT2D eigenvalue weighted by Gasteiger charge is 2.29. The molecule has 0 saturated carbocycles. The van der Waals surface area contributed by atoms with Crippen LogP contribution in [0.1, 0.15) is 0 Å². The number of rotatable bonds is 4. The average molecular weight is 289 g/mol. The van der Waals surface area contributed by atoms with Crippen LogP contribution in [0.5, 0.6) is 0 Å². The number of nitrogens with zero attached hydrogens (tertiary/aromatic N) is 3. The van der Waals surface area contributed by atoms with Gasteiger partial charge in [-0.15, -0.1) is 0 Å². The van der Waals surface area contributed by atoms with Gasteiger partial charge in [-0.25, -0.2) is 8.42 Å². The molecule has 7 nitrogen and oxygen atoms in total. The first kappa shape index (κ1) is 13.4. The molecule has 2 rings (SSSR count). The summed E-state index contributed by atoms with van der Waals surface area (Å²) in [6, 6.07) is 0. The lowest BCUT2D eigenvalue weighted by Crippen LogP contribution is -2.50. The van der Waals surface area contributed by atoms with Gasteiger partial charge in [0.15, 0.2) is 0 Å². The predicted octanol–water partition coefficient (Wildman–Crippen LogP) is -0.998. The lowest BCUT2D eigenvalue weighted by Gasteiger charge is -2.33. The van der Waals surface area contributed by atoms with Crippen LogP contribution in [0.4, 0.5) is 0 Å². The highest BCUT2D eigenvalue weighted by Crippen LogP contribution is 2.15. The molecule has 1 fully saturated rings. The maximum absolute atomic E-state index is 12.2. The van der Waals surface area contributed by atoms with Crippen LogP contribution in [0.25, 0.3) is 0 Å². The van der Waals surface area contributed by atoms with Gasteiger partial charge in [0.1, 0.15) is 4.90 Å². The second-order valence-electron chi connectivity index (χ2n) is 4.08. The molecule has 2 heterocycles. The molecule has 1 aromatic rings. The highest BCUT2D eigenvalue weighted by atomic mass is 32.2. The second-order valence-corrected chi connectivity index (χ2v) is 6.54. The van der Waals surface area contributed by atoms with Gasteiger partial charge in [-0.2, -0.15) is 9.40 Å². The van der Waals surface area contributed by atoms with Gasteiger partial charge in [-0.3, -0.25) is 10.00 Å². The second kappa shape index (κ2) is 5.31. The minimum atomic E-state index is -3.42. The molecule has 9 heteroatoms. The number of nitrogens with one attached hydrogen (secondary N) is 1. The monoisotopic (exact) mass is 289 g/mol. The van der Waals surface area contributed by atoms with Crippen molar-refractivity contribution in [2.45, 2.75) is 4.90 Å². The summed E-state index contributed by atoms with van der Waals surface area (Å²) in [6.45, 7) is 2.68. The standard InChI is InChI=1S/C9H15N5O2S2/c10-9(17)7-13-1-3-14(4-2-13)18(15,16)8-5-11-12-6-8/h5-6H,1-4,7H2,(H2,10,17)(H,11,12). The summed E-state index contributed by atoms with van der Waals surface area (Å²) in [6.07, 6.45) is 2.70. The van der Waals surface area contributed by atoms with Crippen LogP contribution in [-0.4, -0.2) is 65.5 Å². The van der Waals surface area contributed by atoms with Gasteiger partial charge in [0.05, 0.1) is 11.2 Å². The molecule has 0 bridgehead atoms. The maximum Gasteiger partial charge on any atom is 0.246 e. The lowest BCUT2D eigenvalue weighted by atomic mass is 10.3. The van der Waals surface area contributed by atoms with E-state index >= 15 is 0 Å². The van der Waals surface area contributed by atoms with E-state index in [1.807, 2.05) is 4.90 Å². The van der Waals surface area contributed by atoms with E-state index in [4.69, 9.17) is 18.0 Å². The zero-order chi connectivity index (χ0) is 13.2. The molecular formula is C9H15N5O2S2. The Morgan fingerprint density at radius 3 is 2.61 bits per heavy atom. The minimum Gasteiger partial charge on any atom is -0.392 e. The molecular weight excluding hydrogens is 274 g/mol. The van der Waals surface area contributed by atoms with E-state index in [9.17, 15) is 8.42 Å². The fourth-order valence-electron chi connectivity index (χ4n) is 1.88. The molecule has 0 radical (unpaired) electrons. The Balaban J connectivity index is 2.00. The van der Waals surface area contributed by atoms with E-state index in [2.05, 4.69) is 10.2 Å². The van der Waals surface area contributed by atoms with Crippen LogP contribution in [0.3, 0.4) is 0 Å². The van der Waals surface area contributed by atoms with Gasteiger partial charge < -0.3 is 5.73 Å². The Hall–Kier alpha value is -1.03. The molecule has 1 aromatic heterocycles. The smallest absolute Gasteiger partial charge is 0.246 e. The van der Waals surface area contributed by atoms with Crippen LogP contribution in [0.2, 0.25) is 0 Å². The molecule has 18 heavy (non-hydrogen) atoms. The third-order valence-corrected chi connectivity index (χ3v) is 4.81. The van der Waals surface area contributed by atoms with Crippen molar-refractivity contribution in [3.8, 4) is 0 Å². The van der Waals surface area contributed by atoms with E-state index in [0.717, 1.165) is 0 Å². The summed E-state index contributed by atoms with van der Waals surface area (Å²) in [5.74, 6) is 0. The summed E-state index contributed by atoms with van der Waals surface area (Å²) in [5, 5.41) is 6.17. The third kappa shape index (κ3) is 2.86. The van der Waals surface area contributed by atoms with Crippen molar-refractivity contribution in [1.82, 2.24) is 19.4 Å². The number of thiocarbonyl (C=S) groups is 1. The van der Waals surface area contributed by atoms with Crippen LogP contribution < -0.4 is 5.73 Å². The third-order valence-electron chi connectivity index (χ3n) is 2.82. The van der Waals surface area contributed by atoms with E-state index in [1.54, 1.807) is 0 Å². The quantitative estimate of drug-likeness (QED) is 0.691. The summed E-state index contributed by atoms with van der Waals surface area (Å²) in [4.78, 5) is 2.68. The molecule has 100 valence electrons. The Morgan fingerprint density at radius 1 is 1.44 bits per heavy atom. The summed E-state index contributed by atoms with van der Waals surface area (Å²) in [7, 11) is -3.42. The zero-order valence-electron chi connectivity index (χ0n) is 9.74. The molecule has 0 aromatic carbocycles. The van der Waals surface area contributed by atoms with Crippen molar-refractivity contribution in [3.63, 3.8) is 0 Å². The van der Waals surface area contributed by atoms with Gasteiger partial charge in [0, 0.05) is 38.9 Å². The Labute approximate surface area is 111 Å². The van der Waals surface area contributed by atoms with Crippen molar-refractivity contribution in [3.05, 3.63) is 12.4 Å². The number of nitrogens with two attached hydrogens (primary N) is 1. The molecule has 0 unspecified atom stereocenters. The first-order chi connectivity index (χ1) is 8.50. The van der Waals surface area contributed by atoms with Crippen molar-refractivity contribution < 1.29 is 8.42 Å². The summed E-state index contributed by atoms with van der Waals surface area (Å²) >= 11 is 4.84. The molecule has 1 aliphatic rings. The molecule has 0 aliphatic carbocycles. The van der Waals surface area contributed by atoms with Gasteiger partial charge in [-0.1, -0.05) is 12.2 Å². The predicted molar refractivity (Wildman–Crippen MR) is 70.6 cm³/mol. The number of piperazine rings is 1. The number of sulfonamides is 1. The molecule has 1 aliphatic heterocycles. The number of hydrogen-bond acceptors (Lipinski definition) is 5. The summed E-state index contributed by atoms with van der Waals surface area (Å²) < 4.78 is 25.8. The SMILES string of the molecule is NC(=S)CN1CCN(S(=O)(=O)c2cn[nH]c2)CC1. The average Bonchev–Trinajstić information content (AvgIpc) is 2.83. The lowest BCUT2D eigenvalue weighted by molar-refractivity contribution is 0.209. The first-order valence-electron chi connectivity index (χ1n) is 5.50. The topological polar surface area (TPSA) is 95.3 Å². The van der Waals surface area contributed by atoms with Gasteiger partial charge >= 0.3 is 0 Å². The van der Waals surface area contributed by atoms with Gasteiger partial charge in [0.2, 0.25) is 10.0 Å². The van der Waals surface area contributed by atoms with E-state index in [1.165, 1.54) is 16.7 Å². The van der Waals surface area contributed by atoms with Crippen molar-refractivity contribution >= 4 is 27.2 Å². The number of aromatic amines is 1. The van der Waals surface area contributed by atoms with Crippen LogP contribution in [0.15, 0.2) is 17.3 Å². The van der Waals surface area contributed by atoms with E-state index in [0.29, 0.717) is 37.7 Å². The number of hydrogen-bond donors (Lipinski definition) is 2. The largest absolute Gasteiger partial charge is 0.392 e. The zero-order valence-corrected chi connectivity index (χ0v) is 11.4. The Kier molecular flexibility index (Phi) is 3.95. The maximum atomic E-state index is 12.2. The van der Waals surface area contributed by atoms with Gasteiger partial charge in [-0.05, 0) is 0 Å².